The van der Waals surface area contributed by atoms with Gasteiger partial charge in [0.25, 0.3) is 0 Å². The normalized spacial score (nSPS) is 22.3. The predicted molar refractivity (Wildman–Crippen MR) is 82.0 cm³/mol. The molecule has 0 saturated heterocycles. The first-order valence-corrected chi connectivity index (χ1v) is 8.57. The van der Waals surface area contributed by atoms with Crippen molar-refractivity contribution in [3.8, 4) is 0 Å². The van der Waals surface area contributed by atoms with E-state index in [0.29, 0.717) is 0 Å². The third kappa shape index (κ3) is 2.80. The molecule has 2 aromatic rings. The molecular weight excluding hydrogens is 290 g/mol. The quantitative estimate of drug-likeness (QED) is 0.911. The molecule has 2 aromatic heterocycles. The maximum atomic E-state index is 12.4. The first-order valence-electron chi connectivity index (χ1n) is 6.81. The molecule has 1 saturated carbocycles. The van der Waals surface area contributed by atoms with Crippen molar-refractivity contribution in [2.75, 3.05) is 0 Å². The fraction of sp³-hybridized carbons (Fsp3) is 0.400. The molecule has 1 fully saturated rings. The van der Waals surface area contributed by atoms with E-state index in [1.807, 2.05) is 35.0 Å². The Hall–Kier alpha value is -1.17. The van der Waals surface area contributed by atoms with Gasteiger partial charge < -0.3 is 10.4 Å². The Morgan fingerprint density at radius 3 is 2.30 bits per heavy atom. The highest BCUT2D eigenvalue weighted by Crippen LogP contribution is 2.31. The van der Waals surface area contributed by atoms with Crippen molar-refractivity contribution >= 4 is 28.6 Å². The number of aliphatic hydroxyl groups is 1. The molecule has 2 N–H and O–H groups in total. The van der Waals surface area contributed by atoms with Gasteiger partial charge in [-0.15, -0.1) is 22.7 Å². The van der Waals surface area contributed by atoms with Gasteiger partial charge >= 0.3 is 0 Å². The minimum Gasteiger partial charge on any atom is -0.392 e. The van der Waals surface area contributed by atoms with E-state index in [4.69, 9.17) is 0 Å². The maximum Gasteiger partial charge on any atom is 0.226 e. The maximum absolute atomic E-state index is 12.4. The molecule has 5 heteroatoms. The lowest BCUT2D eigenvalue weighted by atomic mass is 10.0. The van der Waals surface area contributed by atoms with Crippen LogP contribution in [0.25, 0.3) is 0 Å². The number of hydrogen-bond acceptors (Lipinski definition) is 4. The van der Waals surface area contributed by atoms with E-state index >= 15 is 0 Å². The molecule has 0 aromatic carbocycles. The standard InChI is InChI=1S/C15H17NO2S2/c17-11-5-1-4-10(11)15(18)16-14(12-6-2-8-19-12)13-7-3-9-20-13/h2-3,6-11,14,17H,1,4-5H2,(H,16,18). The zero-order valence-electron chi connectivity index (χ0n) is 11.0. The van der Waals surface area contributed by atoms with Crippen molar-refractivity contribution in [3.63, 3.8) is 0 Å². The lowest BCUT2D eigenvalue weighted by Gasteiger charge is -2.20. The van der Waals surface area contributed by atoms with Gasteiger partial charge in [0.05, 0.1) is 18.1 Å². The van der Waals surface area contributed by atoms with Crippen LogP contribution in [0.2, 0.25) is 0 Å². The molecule has 0 bridgehead atoms. The molecule has 0 aliphatic heterocycles. The van der Waals surface area contributed by atoms with Gasteiger partial charge in [-0.25, -0.2) is 0 Å². The molecule has 0 spiro atoms. The van der Waals surface area contributed by atoms with Gasteiger partial charge in [-0.3, -0.25) is 4.79 Å². The topological polar surface area (TPSA) is 49.3 Å². The molecular formula is C15H17NO2S2. The first-order chi connectivity index (χ1) is 9.75. The van der Waals surface area contributed by atoms with Crippen molar-refractivity contribution in [3.05, 3.63) is 44.8 Å². The summed E-state index contributed by atoms with van der Waals surface area (Å²) >= 11 is 3.29. The van der Waals surface area contributed by atoms with Gasteiger partial charge in [-0.1, -0.05) is 12.1 Å². The summed E-state index contributed by atoms with van der Waals surface area (Å²) in [5.74, 6) is -0.278. The van der Waals surface area contributed by atoms with Crippen LogP contribution in [0.5, 0.6) is 0 Å². The molecule has 20 heavy (non-hydrogen) atoms. The average Bonchev–Trinajstić information content (AvgIpc) is 3.18. The second kappa shape index (κ2) is 6.08. The second-order valence-electron chi connectivity index (χ2n) is 5.08. The fourth-order valence-corrected chi connectivity index (χ4v) is 4.35. The second-order valence-corrected chi connectivity index (χ2v) is 7.04. The van der Waals surface area contributed by atoms with Gasteiger partial charge in [0.2, 0.25) is 5.91 Å². The summed E-state index contributed by atoms with van der Waals surface area (Å²) in [5.41, 5.74) is 0. The molecule has 0 radical (unpaired) electrons. The summed E-state index contributed by atoms with van der Waals surface area (Å²) in [6.45, 7) is 0. The zero-order valence-corrected chi connectivity index (χ0v) is 12.6. The molecule has 1 aliphatic rings. The molecule has 3 rings (SSSR count). The lowest BCUT2D eigenvalue weighted by molar-refractivity contribution is -0.128. The Morgan fingerprint density at radius 1 is 1.20 bits per heavy atom. The minimum absolute atomic E-state index is 0.0261. The smallest absolute Gasteiger partial charge is 0.226 e. The highest BCUT2D eigenvalue weighted by Gasteiger charge is 2.33. The van der Waals surface area contributed by atoms with Gasteiger partial charge in [0, 0.05) is 9.75 Å². The van der Waals surface area contributed by atoms with Crippen LogP contribution in [0.3, 0.4) is 0 Å². The first kappa shape index (κ1) is 13.8. The Morgan fingerprint density at radius 2 is 1.85 bits per heavy atom. The monoisotopic (exact) mass is 307 g/mol. The van der Waals surface area contributed by atoms with Crippen LogP contribution in [0.15, 0.2) is 35.0 Å². The fourth-order valence-electron chi connectivity index (χ4n) is 2.69. The van der Waals surface area contributed by atoms with Gasteiger partial charge in [-0.2, -0.15) is 0 Å². The number of rotatable bonds is 4. The van der Waals surface area contributed by atoms with Crippen molar-refractivity contribution in [2.24, 2.45) is 5.92 Å². The largest absolute Gasteiger partial charge is 0.392 e. The Bertz CT molecular complexity index is 516. The molecule has 2 atom stereocenters. The van der Waals surface area contributed by atoms with E-state index < -0.39 is 6.10 Å². The predicted octanol–water partition coefficient (Wildman–Crippen LogP) is 3.18. The van der Waals surface area contributed by atoms with E-state index in [1.165, 1.54) is 0 Å². The lowest BCUT2D eigenvalue weighted by Crippen LogP contribution is -2.37. The summed E-state index contributed by atoms with van der Waals surface area (Å²) in [6.07, 6.45) is 1.97. The SMILES string of the molecule is O=C(NC(c1cccs1)c1cccs1)C1CCCC1O. The number of hydrogen-bond donors (Lipinski definition) is 2. The third-order valence-corrected chi connectivity index (χ3v) is 5.63. The van der Waals surface area contributed by atoms with Crippen LogP contribution in [0.1, 0.15) is 35.1 Å². The van der Waals surface area contributed by atoms with E-state index in [2.05, 4.69) is 5.32 Å². The molecule has 1 aliphatic carbocycles. The number of carbonyl (C=O) groups excluding carboxylic acids is 1. The zero-order chi connectivity index (χ0) is 13.9. The number of thiophene rings is 2. The average molecular weight is 307 g/mol. The summed E-state index contributed by atoms with van der Waals surface area (Å²) in [4.78, 5) is 14.7. The summed E-state index contributed by atoms with van der Waals surface area (Å²) in [5, 5.41) is 17.0. The molecule has 2 heterocycles. The molecule has 106 valence electrons. The minimum atomic E-state index is -0.484. The van der Waals surface area contributed by atoms with Crippen molar-refractivity contribution in [1.29, 1.82) is 0 Å². The highest BCUT2D eigenvalue weighted by atomic mass is 32.1. The number of amides is 1. The van der Waals surface area contributed by atoms with Gasteiger partial charge in [0.15, 0.2) is 0 Å². The van der Waals surface area contributed by atoms with Crippen LogP contribution in [0, 0.1) is 5.92 Å². The van der Waals surface area contributed by atoms with Crippen molar-refractivity contribution in [1.82, 2.24) is 5.32 Å². The van der Waals surface area contributed by atoms with Crippen LogP contribution in [0.4, 0.5) is 0 Å². The number of nitrogens with one attached hydrogen (secondary N) is 1. The van der Waals surface area contributed by atoms with E-state index in [-0.39, 0.29) is 17.9 Å². The van der Waals surface area contributed by atoms with E-state index in [9.17, 15) is 9.90 Å². The number of aliphatic hydroxyl groups excluding tert-OH is 1. The van der Waals surface area contributed by atoms with Gasteiger partial charge in [0.1, 0.15) is 0 Å². The van der Waals surface area contributed by atoms with Crippen LogP contribution in [-0.4, -0.2) is 17.1 Å². The molecule has 2 unspecified atom stereocenters. The van der Waals surface area contributed by atoms with Crippen LogP contribution in [-0.2, 0) is 4.79 Å². The van der Waals surface area contributed by atoms with E-state index in [1.54, 1.807) is 22.7 Å². The number of carbonyl (C=O) groups is 1. The summed E-state index contributed by atoms with van der Waals surface area (Å²) in [6, 6.07) is 7.99. The Kier molecular flexibility index (Phi) is 4.19. The van der Waals surface area contributed by atoms with Crippen LogP contribution >= 0.6 is 22.7 Å². The summed E-state index contributed by atoms with van der Waals surface area (Å²) < 4.78 is 0. The summed E-state index contributed by atoms with van der Waals surface area (Å²) in [7, 11) is 0. The Labute approximate surface area is 126 Å². The van der Waals surface area contributed by atoms with Crippen LogP contribution < -0.4 is 5.32 Å². The van der Waals surface area contributed by atoms with Crippen molar-refractivity contribution < 1.29 is 9.90 Å². The molecule has 1 amide bonds. The van der Waals surface area contributed by atoms with Gasteiger partial charge in [-0.05, 0) is 42.2 Å². The third-order valence-electron chi connectivity index (χ3n) is 3.76. The Balaban J connectivity index is 1.79. The molecule has 3 nitrogen and oxygen atoms in total. The van der Waals surface area contributed by atoms with Crippen molar-refractivity contribution in [2.45, 2.75) is 31.4 Å². The van der Waals surface area contributed by atoms with E-state index in [0.717, 1.165) is 29.0 Å². The highest BCUT2D eigenvalue weighted by molar-refractivity contribution is 7.11.